The molecule has 2 aliphatic heterocycles. The lowest BCUT2D eigenvalue weighted by molar-refractivity contribution is -0.0820. The molecule has 258 valence electrons. The van der Waals surface area contributed by atoms with Crippen molar-refractivity contribution in [3.8, 4) is 5.06 Å². The van der Waals surface area contributed by atoms with Crippen LogP contribution in [0.15, 0.2) is 91.0 Å². The fraction of sp³-hybridized carbons (Fsp3) is 0.385. The second-order valence-electron chi connectivity index (χ2n) is 14.5. The number of aromatic amines is 1. The van der Waals surface area contributed by atoms with Crippen molar-refractivity contribution in [3.05, 3.63) is 113 Å². The normalized spacial score (nSPS) is 20.5. The van der Waals surface area contributed by atoms with Crippen LogP contribution in [-0.4, -0.2) is 62.5 Å². The first-order chi connectivity index (χ1) is 23.5. The van der Waals surface area contributed by atoms with Gasteiger partial charge in [-0.2, -0.15) is 0 Å². The summed E-state index contributed by atoms with van der Waals surface area (Å²) in [7, 11) is -3.21. The van der Waals surface area contributed by atoms with Crippen molar-refractivity contribution < 1.29 is 22.3 Å². The molecule has 10 heteroatoms. The minimum atomic E-state index is -3.24. The molecule has 7 rings (SSSR count). The number of fused-ring (bicyclic) bond motifs is 3. The Morgan fingerprint density at radius 1 is 0.939 bits per heavy atom. The van der Waals surface area contributed by atoms with Gasteiger partial charge in [0.25, 0.3) is 14.2 Å². The first kappa shape index (κ1) is 34.1. The van der Waals surface area contributed by atoms with E-state index >= 15 is 13.2 Å². The van der Waals surface area contributed by atoms with E-state index in [1.54, 1.807) is 4.90 Å². The number of rotatable bonds is 10. The van der Waals surface area contributed by atoms with Crippen molar-refractivity contribution in [3.63, 3.8) is 0 Å². The molecule has 5 aromatic rings. The van der Waals surface area contributed by atoms with Crippen LogP contribution in [0, 0.1) is 5.82 Å². The number of alkyl halides is 2. The quantitative estimate of drug-likeness (QED) is 0.147. The number of H-pyrrole nitrogens is 1. The molecule has 2 N–H and O–H groups in total. The van der Waals surface area contributed by atoms with Crippen molar-refractivity contribution >= 4 is 40.9 Å². The van der Waals surface area contributed by atoms with E-state index in [1.165, 1.54) is 17.4 Å². The Morgan fingerprint density at radius 2 is 1.59 bits per heavy atom. The first-order valence-corrected chi connectivity index (χ1v) is 19.8. The highest BCUT2D eigenvalue weighted by molar-refractivity contribution is 7.14. The number of benzene rings is 3. The third kappa shape index (κ3) is 6.49. The van der Waals surface area contributed by atoms with Gasteiger partial charge in [0.1, 0.15) is 11.9 Å². The standard InChI is InChI=1S/C39H44F3N3O2SSi/c1-26-21-31-30-17-11-12-18-33(30)44-35(31)36(37-32(40)22-34(48-37)47-27-19-20-43-23-27)45(26)24-39(41,42)25-46-49(38(2,3)4,28-13-7-5-8-14-28)29-15-9-6-10-16-29/h5-18,22,26-27,36,43-44H,19-21,23-25H2,1-4H3/t26-,27-,36+/m1/s1. The molecule has 5 nitrogen and oxygen atoms in total. The molecule has 2 aromatic heterocycles. The van der Waals surface area contributed by atoms with Crippen LogP contribution in [0.4, 0.5) is 13.2 Å². The van der Waals surface area contributed by atoms with Gasteiger partial charge in [0, 0.05) is 35.2 Å². The van der Waals surface area contributed by atoms with Crippen molar-refractivity contribution in [2.75, 3.05) is 26.2 Å². The Hall–Kier alpha value is -3.41. The van der Waals surface area contributed by atoms with E-state index in [-0.39, 0.29) is 12.1 Å². The van der Waals surface area contributed by atoms with E-state index in [2.05, 4.69) is 31.1 Å². The second-order valence-corrected chi connectivity index (χ2v) is 19.9. The SMILES string of the molecule is C[C@@H]1Cc2c([nH]c3ccccc23)[C@@H](c2sc(O[C@@H]3CCNC3)cc2F)N1CC(F)(F)CO[Si](c1ccccc1)(c1ccccc1)C(C)(C)C. The van der Waals surface area contributed by atoms with Crippen molar-refractivity contribution in [1.82, 2.24) is 15.2 Å². The molecule has 1 fully saturated rings. The number of ether oxygens (including phenoxy) is 1. The van der Waals surface area contributed by atoms with Gasteiger partial charge in [0.15, 0.2) is 5.06 Å². The third-order valence-electron chi connectivity index (χ3n) is 10.1. The highest BCUT2D eigenvalue weighted by atomic mass is 32.1. The summed E-state index contributed by atoms with van der Waals surface area (Å²) < 4.78 is 62.3. The van der Waals surface area contributed by atoms with Gasteiger partial charge in [-0.05, 0) is 53.4 Å². The number of halogens is 3. The van der Waals surface area contributed by atoms with Gasteiger partial charge in [-0.1, -0.05) is 111 Å². The Bertz CT molecular complexity index is 1850. The maximum absolute atomic E-state index is 16.7. The predicted molar refractivity (Wildman–Crippen MR) is 195 cm³/mol. The van der Waals surface area contributed by atoms with E-state index < -0.39 is 44.3 Å². The zero-order valence-electron chi connectivity index (χ0n) is 28.4. The lowest BCUT2D eigenvalue weighted by Crippen LogP contribution is -2.67. The summed E-state index contributed by atoms with van der Waals surface area (Å²) in [6.45, 7) is 8.41. The average molecular weight is 704 g/mol. The van der Waals surface area contributed by atoms with E-state index in [4.69, 9.17) is 9.16 Å². The predicted octanol–water partition coefficient (Wildman–Crippen LogP) is 7.66. The highest BCUT2D eigenvalue weighted by Gasteiger charge is 2.52. The largest absolute Gasteiger partial charge is 0.479 e. The van der Waals surface area contributed by atoms with Gasteiger partial charge in [0.05, 0.1) is 24.1 Å². The van der Waals surface area contributed by atoms with Gasteiger partial charge < -0.3 is 19.5 Å². The third-order valence-corrected chi connectivity index (χ3v) is 16.1. The number of hydrogen-bond acceptors (Lipinski definition) is 5. The van der Waals surface area contributed by atoms with Crippen LogP contribution in [-0.2, 0) is 10.8 Å². The van der Waals surface area contributed by atoms with Crippen LogP contribution in [0.2, 0.25) is 5.04 Å². The van der Waals surface area contributed by atoms with E-state index in [1.807, 2.05) is 91.9 Å². The van der Waals surface area contributed by atoms with Gasteiger partial charge in [-0.25, -0.2) is 13.2 Å². The smallest absolute Gasteiger partial charge is 0.282 e. The molecule has 0 saturated carbocycles. The fourth-order valence-corrected chi connectivity index (χ4v) is 13.5. The molecule has 0 spiro atoms. The molecular weight excluding hydrogens is 660 g/mol. The van der Waals surface area contributed by atoms with Gasteiger partial charge in [0.2, 0.25) is 0 Å². The molecule has 3 aromatic carbocycles. The number of thiophene rings is 1. The van der Waals surface area contributed by atoms with Crippen LogP contribution in [0.5, 0.6) is 5.06 Å². The topological polar surface area (TPSA) is 49.5 Å². The molecule has 0 aliphatic carbocycles. The highest BCUT2D eigenvalue weighted by Crippen LogP contribution is 2.47. The van der Waals surface area contributed by atoms with Crippen LogP contribution in [0.1, 0.15) is 56.3 Å². The van der Waals surface area contributed by atoms with Gasteiger partial charge in [-0.3, -0.25) is 4.90 Å². The molecule has 0 radical (unpaired) electrons. The maximum atomic E-state index is 16.7. The lowest BCUT2D eigenvalue weighted by Gasteiger charge is -2.45. The molecule has 0 unspecified atom stereocenters. The van der Waals surface area contributed by atoms with Crippen molar-refractivity contribution in [1.29, 1.82) is 0 Å². The monoisotopic (exact) mass is 703 g/mol. The molecule has 0 amide bonds. The Balaban J connectivity index is 1.25. The average Bonchev–Trinajstić information content (AvgIpc) is 3.81. The van der Waals surface area contributed by atoms with Crippen LogP contribution in [0.25, 0.3) is 10.9 Å². The summed E-state index contributed by atoms with van der Waals surface area (Å²) in [5.74, 6) is -3.68. The summed E-state index contributed by atoms with van der Waals surface area (Å²) in [6.07, 6.45) is 1.36. The Morgan fingerprint density at radius 3 is 2.22 bits per heavy atom. The number of aromatic nitrogens is 1. The van der Waals surface area contributed by atoms with E-state index in [9.17, 15) is 0 Å². The van der Waals surface area contributed by atoms with Gasteiger partial charge >= 0.3 is 0 Å². The fourth-order valence-electron chi connectivity index (χ4n) is 7.82. The zero-order chi connectivity index (χ0) is 34.4. The first-order valence-electron chi connectivity index (χ1n) is 17.1. The Labute approximate surface area is 291 Å². The number of hydrogen-bond donors (Lipinski definition) is 2. The van der Waals surface area contributed by atoms with Crippen LogP contribution in [0.3, 0.4) is 0 Å². The molecule has 49 heavy (non-hydrogen) atoms. The van der Waals surface area contributed by atoms with Crippen LogP contribution >= 0.6 is 11.3 Å². The minimum absolute atomic E-state index is 0.0427. The zero-order valence-corrected chi connectivity index (χ0v) is 30.3. The summed E-state index contributed by atoms with van der Waals surface area (Å²) in [6, 6.07) is 28.0. The molecule has 0 bridgehead atoms. The van der Waals surface area contributed by atoms with Crippen molar-refractivity contribution in [2.45, 2.75) is 69.7 Å². The number of nitrogens with one attached hydrogen (secondary N) is 2. The minimum Gasteiger partial charge on any atom is -0.479 e. The maximum Gasteiger partial charge on any atom is 0.282 e. The molecule has 1 saturated heterocycles. The molecule has 3 atom stereocenters. The summed E-state index contributed by atoms with van der Waals surface area (Å²) >= 11 is 1.22. The lowest BCUT2D eigenvalue weighted by atomic mass is 9.91. The Kier molecular flexibility index (Phi) is 9.29. The molecule has 4 heterocycles. The summed E-state index contributed by atoms with van der Waals surface area (Å²) in [5.41, 5.74) is 2.73. The van der Waals surface area contributed by atoms with E-state index in [0.29, 0.717) is 22.9 Å². The summed E-state index contributed by atoms with van der Waals surface area (Å²) in [4.78, 5) is 5.65. The second kappa shape index (κ2) is 13.4. The molecule has 2 aliphatic rings. The molecular formula is C39H44F3N3O2SSi. The van der Waals surface area contributed by atoms with Gasteiger partial charge in [-0.15, -0.1) is 0 Å². The van der Waals surface area contributed by atoms with Crippen molar-refractivity contribution in [2.24, 2.45) is 0 Å². The summed E-state index contributed by atoms with van der Waals surface area (Å²) in [5, 5.41) is 6.24. The number of para-hydroxylation sites is 1. The van der Waals surface area contributed by atoms with Crippen LogP contribution < -0.4 is 20.4 Å². The number of nitrogens with zero attached hydrogens (tertiary/aromatic N) is 1. The van der Waals surface area contributed by atoms with E-state index in [0.717, 1.165) is 45.5 Å².